The first-order chi connectivity index (χ1) is 10.6. The van der Waals surface area contributed by atoms with Crippen LogP contribution in [0.5, 0.6) is 0 Å². The summed E-state index contributed by atoms with van der Waals surface area (Å²) in [5.41, 5.74) is -0.280. The molecule has 0 spiro atoms. The molecule has 23 heavy (non-hydrogen) atoms. The lowest BCUT2D eigenvalue weighted by molar-refractivity contribution is -0.143. The molecule has 0 aliphatic carbocycles. The summed E-state index contributed by atoms with van der Waals surface area (Å²) < 4.78 is 0. The van der Waals surface area contributed by atoms with Crippen molar-refractivity contribution in [1.82, 2.24) is 15.1 Å². The molecule has 1 aromatic heterocycles. The Bertz CT molecular complexity index is 536. The van der Waals surface area contributed by atoms with Crippen LogP contribution in [0.1, 0.15) is 29.4 Å². The van der Waals surface area contributed by atoms with E-state index in [0.29, 0.717) is 26.2 Å². The van der Waals surface area contributed by atoms with E-state index >= 15 is 0 Å². The van der Waals surface area contributed by atoms with Crippen LogP contribution < -0.4 is 5.32 Å². The maximum absolute atomic E-state index is 12.8. The average Bonchev–Trinajstić information content (AvgIpc) is 3.09. The fourth-order valence-electron chi connectivity index (χ4n) is 3.29. The van der Waals surface area contributed by atoms with Crippen molar-refractivity contribution in [3.63, 3.8) is 0 Å². The minimum absolute atomic E-state index is 0. The molecule has 2 aliphatic heterocycles. The quantitative estimate of drug-likeness (QED) is 0.878. The second-order valence-corrected chi connectivity index (χ2v) is 7.35. The molecule has 2 aliphatic rings. The van der Waals surface area contributed by atoms with Gasteiger partial charge >= 0.3 is 0 Å². The lowest BCUT2D eigenvalue weighted by Gasteiger charge is -2.41. The van der Waals surface area contributed by atoms with Gasteiger partial charge in [0.15, 0.2) is 0 Å². The van der Waals surface area contributed by atoms with E-state index in [1.807, 2.05) is 27.3 Å². The highest BCUT2D eigenvalue weighted by Gasteiger charge is 2.39. The van der Waals surface area contributed by atoms with Gasteiger partial charge in [0.25, 0.3) is 5.91 Å². The maximum atomic E-state index is 12.8. The molecule has 7 heteroatoms. The Labute approximate surface area is 147 Å². The van der Waals surface area contributed by atoms with Crippen LogP contribution in [0, 0.1) is 5.41 Å². The van der Waals surface area contributed by atoms with Gasteiger partial charge in [-0.15, -0.1) is 23.7 Å². The molecule has 3 heterocycles. The van der Waals surface area contributed by atoms with E-state index in [4.69, 9.17) is 0 Å². The summed E-state index contributed by atoms with van der Waals surface area (Å²) in [6.45, 7) is 6.38. The van der Waals surface area contributed by atoms with E-state index < -0.39 is 0 Å². The van der Waals surface area contributed by atoms with Crippen molar-refractivity contribution in [3.8, 4) is 0 Å². The molecule has 0 radical (unpaired) electrons. The Morgan fingerprint density at radius 2 is 1.91 bits per heavy atom. The average molecular weight is 358 g/mol. The van der Waals surface area contributed by atoms with Gasteiger partial charge in [-0.25, -0.2) is 0 Å². The summed E-state index contributed by atoms with van der Waals surface area (Å²) in [5.74, 6) is 0.329. The molecule has 1 unspecified atom stereocenters. The molecule has 2 amide bonds. The number of rotatable bonds is 2. The second-order valence-electron chi connectivity index (χ2n) is 6.40. The number of hydrogen-bond donors (Lipinski definition) is 1. The predicted octanol–water partition coefficient (Wildman–Crippen LogP) is 1.84. The van der Waals surface area contributed by atoms with Crippen LogP contribution >= 0.6 is 23.7 Å². The number of amides is 2. The summed E-state index contributed by atoms with van der Waals surface area (Å²) in [6.07, 6.45) is 2.01. The van der Waals surface area contributed by atoms with Crippen molar-refractivity contribution in [1.29, 1.82) is 0 Å². The van der Waals surface area contributed by atoms with Crippen molar-refractivity contribution in [2.45, 2.75) is 19.8 Å². The van der Waals surface area contributed by atoms with Crippen molar-refractivity contribution >= 4 is 35.6 Å². The topological polar surface area (TPSA) is 52.7 Å². The van der Waals surface area contributed by atoms with Crippen LogP contribution in [-0.2, 0) is 4.79 Å². The molecule has 0 aromatic carbocycles. The molecule has 1 aromatic rings. The highest BCUT2D eigenvalue weighted by molar-refractivity contribution is 7.12. The molecule has 0 bridgehead atoms. The minimum atomic E-state index is -0.280. The Morgan fingerprint density at radius 1 is 1.22 bits per heavy atom. The van der Waals surface area contributed by atoms with Gasteiger partial charge in [0.1, 0.15) is 0 Å². The van der Waals surface area contributed by atoms with Crippen LogP contribution in [0.15, 0.2) is 17.5 Å². The number of nitrogens with one attached hydrogen (secondary N) is 1. The van der Waals surface area contributed by atoms with Gasteiger partial charge in [0, 0.05) is 32.7 Å². The highest BCUT2D eigenvalue weighted by atomic mass is 35.5. The number of nitrogens with zero attached hydrogens (tertiary/aromatic N) is 2. The molecule has 3 rings (SSSR count). The van der Waals surface area contributed by atoms with Crippen molar-refractivity contribution < 1.29 is 9.59 Å². The van der Waals surface area contributed by atoms with Gasteiger partial charge in [-0.2, -0.15) is 0 Å². The molecule has 5 nitrogen and oxygen atoms in total. The normalized spacial score (nSPS) is 24.9. The molecule has 128 valence electrons. The zero-order valence-electron chi connectivity index (χ0n) is 13.4. The fraction of sp³-hybridized carbons (Fsp3) is 0.625. The van der Waals surface area contributed by atoms with Gasteiger partial charge in [0.2, 0.25) is 5.91 Å². The van der Waals surface area contributed by atoms with Gasteiger partial charge in [-0.1, -0.05) is 6.07 Å². The summed E-state index contributed by atoms with van der Waals surface area (Å²) >= 11 is 1.47. The molecular formula is C16H24ClN3O2S. The largest absolute Gasteiger partial charge is 0.339 e. The number of hydrogen-bond acceptors (Lipinski definition) is 4. The number of carbonyl (C=O) groups is 2. The van der Waals surface area contributed by atoms with E-state index in [0.717, 1.165) is 30.8 Å². The highest BCUT2D eigenvalue weighted by Crippen LogP contribution is 2.28. The second kappa shape index (κ2) is 7.64. The van der Waals surface area contributed by atoms with E-state index in [2.05, 4.69) is 12.2 Å². The smallest absolute Gasteiger partial charge is 0.264 e. The van der Waals surface area contributed by atoms with Gasteiger partial charge in [0.05, 0.1) is 10.3 Å². The van der Waals surface area contributed by atoms with Gasteiger partial charge in [-0.3, -0.25) is 9.59 Å². The zero-order valence-corrected chi connectivity index (χ0v) is 15.0. The van der Waals surface area contributed by atoms with Crippen molar-refractivity contribution in [3.05, 3.63) is 22.4 Å². The number of piperazine rings is 1. The fourth-order valence-corrected chi connectivity index (χ4v) is 3.98. The zero-order chi connectivity index (χ0) is 15.6. The predicted molar refractivity (Wildman–Crippen MR) is 94.3 cm³/mol. The summed E-state index contributed by atoms with van der Waals surface area (Å²) in [5, 5.41) is 5.25. The van der Waals surface area contributed by atoms with Crippen LogP contribution in [0.4, 0.5) is 0 Å². The Morgan fingerprint density at radius 3 is 2.48 bits per heavy atom. The number of halogens is 1. The third kappa shape index (κ3) is 3.87. The van der Waals surface area contributed by atoms with Crippen molar-refractivity contribution in [2.75, 3.05) is 39.3 Å². The lowest BCUT2D eigenvalue weighted by Crippen LogP contribution is -2.56. The van der Waals surface area contributed by atoms with E-state index in [9.17, 15) is 9.59 Å². The van der Waals surface area contributed by atoms with Crippen LogP contribution in [-0.4, -0.2) is 60.9 Å². The molecule has 0 saturated carbocycles. The number of thiophene rings is 1. The first kappa shape index (κ1) is 18.2. The molecule has 1 N–H and O–H groups in total. The Kier molecular flexibility index (Phi) is 6.06. The summed E-state index contributed by atoms with van der Waals surface area (Å²) in [4.78, 5) is 29.7. The SMILES string of the molecule is CC1(C(=O)N2CCN(C(=O)c3cccs3)CC2)CCCNC1.Cl. The molecule has 1 atom stereocenters. The first-order valence-corrected chi connectivity index (χ1v) is 8.81. The standard InChI is InChI=1S/C16H23N3O2S.ClH/c1-16(5-3-6-17-12-16)15(21)19-9-7-18(8-10-19)14(20)13-4-2-11-22-13;/h2,4,11,17H,3,5-10,12H2,1H3;1H. The Hall–Kier alpha value is -1.11. The van der Waals surface area contributed by atoms with Crippen molar-refractivity contribution in [2.24, 2.45) is 5.41 Å². The van der Waals surface area contributed by atoms with Gasteiger partial charge in [-0.05, 0) is 37.8 Å². The first-order valence-electron chi connectivity index (χ1n) is 7.93. The van der Waals surface area contributed by atoms with E-state index in [1.54, 1.807) is 0 Å². The molecular weight excluding hydrogens is 334 g/mol. The van der Waals surface area contributed by atoms with Crippen LogP contribution in [0.3, 0.4) is 0 Å². The lowest BCUT2D eigenvalue weighted by atomic mass is 9.81. The van der Waals surface area contributed by atoms with Crippen LogP contribution in [0.2, 0.25) is 0 Å². The monoisotopic (exact) mass is 357 g/mol. The summed E-state index contributed by atoms with van der Waals surface area (Å²) in [7, 11) is 0. The molecule has 2 fully saturated rings. The van der Waals surface area contributed by atoms with E-state index in [1.165, 1.54) is 11.3 Å². The van der Waals surface area contributed by atoms with Crippen LogP contribution in [0.25, 0.3) is 0 Å². The summed E-state index contributed by atoms with van der Waals surface area (Å²) in [6, 6.07) is 3.76. The number of carbonyl (C=O) groups excluding carboxylic acids is 2. The third-order valence-corrected chi connectivity index (χ3v) is 5.56. The number of piperidine rings is 1. The van der Waals surface area contributed by atoms with Gasteiger partial charge < -0.3 is 15.1 Å². The third-order valence-electron chi connectivity index (χ3n) is 4.70. The van der Waals surface area contributed by atoms with E-state index in [-0.39, 0.29) is 29.6 Å². The maximum Gasteiger partial charge on any atom is 0.264 e. The molecule has 2 saturated heterocycles. The Balaban J connectivity index is 0.00000192. The minimum Gasteiger partial charge on any atom is -0.339 e.